The average molecular weight is 251 g/mol. The fourth-order valence-electron chi connectivity index (χ4n) is 1.63. The van der Waals surface area contributed by atoms with Gasteiger partial charge in [-0.3, -0.25) is 0 Å². The molecule has 0 saturated heterocycles. The summed E-state index contributed by atoms with van der Waals surface area (Å²) in [4.78, 5) is 0. The minimum Gasteiger partial charge on any atom is -0.494 e. The molecule has 0 unspecified atom stereocenters. The van der Waals surface area contributed by atoms with Crippen LogP contribution in [0.4, 0.5) is 0 Å². The fourth-order valence-corrected chi connectivity index (χ4v) is 1.63. The van der Waals surface area contributed by atoms with Crippen LogP contribution in [0.15, 0.2) is 24.3 Å². The Kier molecular flexibility index (Phi) is 8.26. The second-order valence-corrected chi connectivity index (χ2v) is 4.45. The van der Waals surface area contributed by atoms with E-state index in [9.17, 15) is 0 Å². The van der Waals surface area contributed by atoms with Gasteiger partial charge in [0.05, 0.1) is 6.61 Å². The lowest BCUT2D eigenvalue weighted by atomic mass is 10.2. The van der Waals surface area contributed by atoms with Crippen LogP contribution in [0.25, 0.3) is 0 Å². The lowest BCUT2D eigenvalue weighted by Gasteiger charge is -2.07. The van der Waals surface area contributed by atoms with E-state index in [4.69, 9.17) is 9.84 Å². The SMILES string of the molecule is CCCCOc1ccc(CNCCCCO)cc1. The van der Waals surface area contributed by atoms with Crippen molar-refractivity contribution >= 4 is 0 Å². The third-order valence-electron chi connectivity index (χ3n) is 2.78. The molecule has 0 spiro atoms. The van der Waals surface area contributed by atoms with Gasteiger partial charge >= 0.3 is 0 Å². The Labute approximate surface area is 110 Å². The highest BCUT2D eigenvalue weighted by Crippen LogP contribution is 2.12. The van der Waals surface area contributed by atoms with E-state index in [-0.39, 0.29) is 6.61 Å². The highest BCUT2D eigenvalue weighted by atomic mass is 16.5. The Balaban J connectivity index is 2.19. The number of aliphatic hydroxyl groups is 1. The first kappa shape index (κ1) is 15.0. The average Bonchev–Trinajstić information content (AvgIpc) is 2.40. The maximum absolute atomic E-state index is 8.66. The second-order valence-electron chi connectivity index (χ2n) is 4.45. The summed E-state index contributed by atoms with van der Waals surface area (Å²) >= 11 is 0. The van der Waals surface area contributed by atoms with E-state index >= 15 is 0 Å². The third-order valence-corrected chi connectivity index (χ3v) is 2.78. The summed E-state index contributed by atoms with van der Waals surface area (Å²) in [5.41, 5.74) is 1.27. The molecule has 0 atom stereocenters. The molecule has 102 valence electrons. The lowest BCUT2D eigenvalue weighted by Crippen LogP contribution is -2.14. The Morgan fingerprint density at radius 2 is 1.89 bits per heavy atom. The summed E-state index contributed by atoms with van der Waals surface area (Å²) in [6.07, 6.45) is 4.16. The fraction of sp³-hybridized carbons (Fsp3) is 0.600. The van der Waals surface area contributed by atoms with Crippen LogP contribution in [0.1, 0.15) is 38.2 Å². The van der Waals surface area contributed by atoms with Gasteiger partial charge in [-0.05, 0) is 43.5 Å². The minimum absolute atomic E-state index is 0.283. The van der Waals surface area contributed by atoms with Gasteiger partial charge in [-0.25, -0.2) is 0 Å². The normalized spacial score (nSPS) is 10.6. The van der Waals surface area contributed by atoms with Crippen molar-refractivity contribution < 1.29 is 9.84 Å². The van der Waals surface area contributed by atoms with Gasteiger partial charge < -0.3 is 15.2 Å². The molecule has 2 N–H and O–H groups in total. The first-order chi connectivity index (χ1) is 8.86. The molecule has 0 radical (unpaired) electrons. The molecule has 3 nitrogen and oxygen atoms in total. The van der Waals surface area contributed by atoms with Crippen molar-refractivity contribution in [2.24, 2.45) is 0 Å². The first-order valence-corrected chi connectivity index (χ1v) is 6.90. The molecular weight excluding hydrogens is 226 g/mol. The summed E-state index contributed by atoms with van der Waals surface area (Å²) < 4.78 is 5.61. The van der Waals surface area contributed by atoms with Crippen molar-refractivity contribution in [2.45, 2.75) is 39.2 Å². The van der Waals surface area contributed by atoms with Gasteiger partial charge in [0.1, 0.15) is 5.75 Å². The zero-order valence-electron chi connectivity index (χ0n) is 11.3. The van der Waals surface area contributed by atoms with E-state index in [2.05, 4.69) is 24.4 Å². The predicted molar refractivity (Wildman–Crippen MR) is 74.9 cm³/mol. The van der Waals surface area contributed by atoms with Crippen molar-refractivity contribution in [3.05, 3.63) is 29.8 Å². The number of benzene rings is 1. The van der Waals surface area contributed by atoms with Crippen LogP contribution in [0.2, 0.25) is 0 Å². The van der Waals surface area contributed by atoms with Crippen molar-refractivity contribution in [1.29, 1.82) is 0 Å². The summed E-state index contributed by atoms with van der Waals surface area (Å²) in [5.74, 6) is 0.951. The zero-order chi connectivity index (χ0) is 13.1. The number of aliphatic hydroxyl groups excluding tert-OH is 1. The Hall–Kier alpha value is -1.06. The Morgan fingerprint density at radius 3 is 2.56 bits per heavy atom. The molecule has 0 bridgehead atoms. The second kappa shape index (κ2) is 9.92. The molecule has 0 aliphatic rings. The molecule has 0 aliphatic carbocycles. The van der Waals surface area contributed by atoms with Crippen molar-refractivity contribution in [2.75, 3.05) is 19.8 Å². The first-order valence-electron chi connectivity index (χ1n) is 6.90. The molecule has 1 aromatic carbocycles. The van der Waals surface area contributed by atoms with Crippen LogP contribution in [0.3, 0.4) is 0 Å². The summed E-state index contributed by atoms with van der Waals surface area (Å²) in [7, 11) is 0. The quantitative estimate of drug-likeness (QED) is 0.628. The molecule has 18 heavy (non-hydrogen) atoms. The van der Waals surface area contributed by atoms with E-state index in [0.717, 1.165) is 51.1 Å². The number of ether oxygens (including phenoxy) is 1. The lowest BCUT2D eigenvalue weighted by molar-refractivity contribution is 0.283. The number of unbranched alkanes of at least 4 members (excludes halogenated alkanes) is 2. The largest absolute Gasteiger partial charge is 0.494 e. The van der Waals surface area contributed by atoms with E-state index in [0.29, 0.717) is 0 Å². The molecule has 0 saturated carbocycles. The smallest absolute Gasteiger partial charge is 0.119 e. The summed E-state index contributed by atoms with van der Waals surface area (Å²) in [6.45, 7) is 5.08. The molecule has 0 aliphatic heterocycles. The third kappa shape index (κ3) is 6.62. The monoisotopic (exact) mass is 251 g/mol. The van der Waals surface area contributed by atoms with Crippen LogP contribution in [-0.2, 0) is 6.54 Å². The van der Waals surface area contributed by atoms with Gasteiger partial charge in [-0.1, -0.05) is 25.5 Å². The van der Waals surface area contributed by atoms with Gasteiger partial charge in [0.2, 0.25) is 0 Å². The Morgan fingerprint density at radius 1 is 1.11 bits per heavy atom. The van der Waals surface area contributed by atoms with E-state index in [1.807, 2.05) is 12.1 Å². The standard InChI is InChI=1S/C15H25NO2/c1-2-3-12-18-15-8-6-14(7-9-15)13-16-10-4-5-11-17/h6-9,16-17H,2-5,10-13H2,1H3. The molecule has 0 fully saturated rings. The number of hydrogen-bond donors (Lipinski definition) is 2. The van der Waals surface area contributed by atoms with Gasteiger partial charge in [-0.15, -0.1) is 0 Å². The molecule has 3 heteroatoms. The van der Waals surface area contributed by atoms with E-state index in [1.54, 1.807) is 0 Å². The number of hydrogen-bond acceptors (Lipinski definition) is 3. The van der Waals surface area contributed by atoms with Crippen LogP contribution in [0, 0.1) is 0 Å². The highest BCUT2D eigenvalue weighted by molar-refractivity contribution is 5.27. The predicted octanol–water partition coefficient (Wildman–Crippen LogP) is 2.73. The maximum atomic E-state index is 8.66. The topological polar surface area (TPSA) is 41.5 Å². The van der Waals surface area contributed by atoms with Gasteiger partial charge in [0, 0.05) is 13.2 Å². The van der Waals surface area contributed by atoms with Gasteiger partial charge in [0.25, 0.3) is 0 Å². The number of nitrogens with one attached hydrogen (secondary N) is 1. The molecular formula is C15H25NO2. The molecule has 0 amide bonds. The van der Waals surface area contributed by atoms with E-state index < -0.39 is 0 Å². The molecule has 1 rings (SSSR count). The molecule has 1 aromatic rings. The van der Waals surface area contributed by atoms with Crippen LogP contribution < -0.4 is 10.1 Å². The summed E-state index contributed by atoms with van der Waals surface area (Å²) in [5, 5.41) is 12.0. The minimum atomic E-state index is 0.283. The van der Waals surface area contributed by atoms with Crippen LogP contribution >= 0.6 is 0 Å². The molecule has 0 aromatic heterocycles. The number of rotatable bonds is 10. The highest BCUT2D eigenvalue weighted by Gasteiger charge is 1.95. The Bertz CT molecular complexity index is 298. The molecule has 0 heterocycles. The van der Waals surface area contributed by atoms with Crippen molar-refractivity contribution in [3.63, 3.8) is 0 Å². The zero-order valence-corrected chi connectivity index (χ0v) is 11.3. The van der Waals surface area contributed by atoms with Gasteiger partial charge in [0.15, 0.2) is 0 Å². The van der Waals surface area contributed by atoms with Gasteiger partial charge in [-0.2, -0.15) is 0 Å². The van der Waals surface area contributed by atoms with Crippen molar-refractivity contribution in [1.82, 2.24) is 5.32 Å². The maximum Gasteiger partial charge on any atom is 0.119 e. The summed E-state index contributed by atoms with van der Waals surface area (Å²) in [6, 6.07) is 8.25. The van der Waals surface area contributed by atoms with Crippen molar-refractivity contribution in [3.8, 4) is 5.75 Å². The van der Waals surface area contributed by atoms with Crippen LogP contribution in [0.5, 0.6) is 5.75 Å². The van der Waals surface area contributed by atoms with E-state index in [1.165, 1.54) is 5.56 Å². The van der Waals surface area contributed by atoms with Crippen LogP contribution in [-0.4, -0.2) is 24.9 Å².